The molecule has 4 rings (SSSR count). The van der Waals surface area contributed by atoms with Gasteiger partial charge in [-0.2, -0.15) is 0 Å². The van der Waals surface area contributed by atoms with E-state index < -0.39 is 7.26 Å². The lowest BCUT2D eigenvalue weighted by Crippen LogP contribution is -2.31. The van der Waals surface area contributed by atoms with Gasteiger partial charge in [0.2, 0.25) is 0 Å². The Hall–Kier alpha value is -3.22. The molecule has 0 unspecified atom stereocenters. The fourth-order valence-electron chi connectivity index (χ4n) is 3.89. The Labute approximate surface area is 178 Å². The van der Waals surface area contributed by atoms with Gasteiger partial charge in [0.25, 0.3) is 0 Å². The van der Waals surface area contributed by atoms with Crippen molar-refractivity contribution in [3.8, 4) is 11.1 Å². The zero-order valence-electron chi connectivity index (χ0n) is 17.2. The van der Waals surface area contributed by atoms with Crippen molar-refractivity contribution in [3.05, 3.63) is 115 Å². The van der Waals surface area contributed by atoms with Crippen LogP contribution in [0.4, 0.5) is 0 Å². The molecule has 4 aromatic carbocycles. The van der Waals surface area contributed by atoms with Crippen molar-refractivity contribution in [2.45, 2.75) is 0 Å². The van der Waals surface area contributed by atoms with Crippen LogP contribution in [0.1, 0.15) is 10.4 Å². The molecule has 0 radical (unpaired) electrons. The molecule has 0 heterocycles. The minimum atomic E-state index is -1.86. The van der Waals surface area contributed by atoms with Gasteiger partial charge >= 0.3 is 5.97 Å². The highest BCUT2D eigenvalue weighted by Gasteiger charge is 2.41. The van der Waals surface area contributed by atoms with Crippen molar-refractivity contribution >= 4 is 29.1 Å². The van der Waals surface area contributed by atoms with Crippen LogP contribution < -0.4 is 15.9 Å². The van der Waals surface area contributed by atoms with E-state index >= 15 is 0 Å². The maximum Gasteiger partial charge on any atom is 0.337 e. The lowest BCUT2D eigenvalue weighted by Gasteiger charge is -2.25. The number of hydrogen-bond donors (Lipinski definition) is 0. The fraction of sp³-hybridized carbons (Fsp3) is 0.0741. The van der Waals surface area contributed by atoms with E-state index in [9.17, 15) is 4.79 Å². The summed E-state index contributed by atoms with van der Waals surface area (Å²) in [5, 5.41) is 4.01. The smallest absolute Gasteiger partial charge is 0.337 e. The molecular weight excluding hydrogens is 387 g/mol. The Bertz CT molecular complexity index is 1100. The molecule has 0 amide bonds. The first-order valence-electron chi connectivity index (χ1n) is 9.90. The maximum atomic E-state index is 11.8. The van der Waals surface area contributed by atoms with Crippen molar-refractivity contribution in [2.24, 2.45) is 0 Å². The van der Waals surface area contributed by atoms with E-state index in [1.807, 2.05) is 24.3 Å². The normalized spacial score (nSPS) is 11.1. The topological polar surface area (TPSA) is 26.3 Å². The van der Waals surface area contributed by atoms with Gasteiger partial charge in [0.1, 0.15) is 23.2 Å². The molecule has 0 saturated carbocycles. The number of carbonyl (C=O) groups excluding carboxylic acids is 1. The van der Waals surface area contributed by atoms with Crippen molar-refractivity contribution < 1.29 is 9.53 Å². The summed E-state index contributed by atoms with van der Waals surface area (Å²) in [6.07, 6.45) is 0. The molecule has 0 atom stereocenters. The molecule has 0 aliphatic rings. The molecule has 0 aliphatic heterocycles. The monoisotopic (exact) mass is 411 g/mol. The van der Waals surface area contributed by atoms with Gasteiger partial charge in [-0.15, -0.1) is 0 Å². The van der Waals surface area contributed by atoms with Crippen LogP contribution in [0, 0.1) is 0 Å². The van der Waals surface area contributed by atoms with Gasteiger partial charge in [-0.3, -0.25) is 0 Å². The number of esters is 1. The van der Waals surface area contributed by atoms with Crippen molar-refractivity contribution in [2.75, 3.05) is 13.8 Å². The largest absolute Gasteiger partial charge is 0.465 e. The van der Waals surface area contributed by atoms with Crippen LogP contribution in [0.3, 0.4) is 0 Å². The van der Waals surface area contributed by atoms with Crippen molar-refractivity contribution in [3.63, 3.8) is 0 Å². The van der Waals surface area contributed by atoms with Gasteiger partial charge in [-0.25, -0.2) is 4.79 Å². The summed E-state index contributed by atoms with van der Waals surface area (Å²) in [4.78, 5) is 11.8. The zero-order chi connectivity index (χ0) is 21.0. The molecule has 30 heavy (non-hydrogen) atoms. The molecule has 2 nitrogen and oxygen atoms in total. The molecule has 3 heteroatoms. The van der Waals surface area contributed by atoms with Crippen LogP contribution >= 0.6 is 7.26 Å². The van der Waals surface area contributed by atoms with Crippen LogP contribution in [0.5, 0.6) is 0 Å². The molecule has 0 spiro atoms. The molecule has 0 saturated heterocycles. The summed E-state index contributed by atoms with van der Waals surface area (Å²) < 4.78 is 4.84. The number of benzene rings is 4. The van der Waals surface area contributed by atoms with E-state index in [-0.39, 0.29) is 5.97 Å². The fourth-order valence-corrected chi connectivity index (χ4v) is 7.35. The third kappa shape index (κ3) is 3.67. The van der Waals surface area contributed by atoms with E-state index in [1.165, 1.54) is 28.6 Å². The predicted molar refractivity (Wildman–Crippen MR) is 128 cm³/mol. The molecule has 0 N–H and O–H groups in total. The summed E-state index contributed by atoms with van der Waals surface area (Å²) >= 11 is 0. The van der Waals surface area contributed by atoms with Gasteiger partial charge < -0.3 is 4.74 Å². The lowest BCUT2D eigenvalue weighted by atomic mass is 10.0. The van der Waals surface area contributed by atoms with Crippen molar-refractivity contribution in [1.29, 1.82) is 0 Å². The Balaban J connectivity index is 1.91. The first-order valence-corrected chi connectivity index (χ1v) is 12.1. The quantitative estimate of drug-likeness (QED) is 0.339. The lowest BCUT2D eigenvalue weighted by molar-refractivity contribution is 0.0601. The van der Waals surface area contributed by atoms with Crippen molar-refractivity contribution in [1.82, 2.24) is 0 Å². The van der Waals surface area contributed by atoms with E-state index in [1.54, 1.807) is 0 Å². The third-order valence-electron chi connectivity index (χ3n) is 5.55. The first-order chi connectivity index (χ1) is 14.6. The van der Waals surface area contributed by atoms with E-state index in [0.29, 0.717) is 5.56 Å². The van der Waals surface area contributed by atoms with E-state index in [0.717, 1.165) is 5.56 Å². The Morgan fingerprint density at radius 1 is 0.667 bits per heavy atom. The molecule has 4 aromatic rings. The summed E-state index contributed by atoms with van der Waals surface area (Å²) in [5.74, 6) is -0.319. The highest BCUT2D eigenvalue weighted by molar-refractivity contribution is 7.95. The van der Waals surface area contributed by atoms with Gasteiger partial charge in [0.05, 0.1) is 19.3 Å². The number of carbonyl (C=O) groups is 1. The van der Waals surface area contributed by atoms with Gasteiger partial charge in [-0.05, 0) is 48.0 Å². The molecule has 0 bridgehead atoms. The second kappa shape index (κ2) is 8.65. The maximum absolute atomic E-state index is 11.8. The minimum Gasteiger partial charge on any atom is -0.465 e. The Kier molecular flexibility index (Phi) is 5.79. The van der Waals surface area contributed by atoms with Crippen LogP contribution in [-0.2, 0) is 4.74 Å². The number of rotatable bonds is 5. The van der Waals surface area contributed by atoms with Crippen LogP contribution in [0.15, 0.2) is 109 Å². The summed E-state index contributed by atoms with van der Waals surface area (Å²) in [7, 11) is -0.454. The average Bonchev–Trinajstić information content (AvgIpc) is 2.84. The highest BCUT2D eigenvalue weighted by atomic mass is 31.2. The Morgan fingerprint density at radius 3 is 1.70 bits per heavy atom. The average molecular weight is 411 g/mol. The summed E-state index contributed by atoms with van der Waals surface area (Å²) in [6.45, 7) is 2.39. The third-order valence-corrected chi connectivity index (χ3v) is 9.56. The number of ether oxygens (including phenoxy) is 1. The molecule has 0 aromatic heterocycles. The van der Waals surface area contributed by atoms with Crippen LogP contribution in [0.2, 0.25) is 0 Å². The zero-order valence-corrected chi connectivity index (χ0v) is 18.1. The van der Waals surface area contributed by atoms with Gasteiger partial charge in [0, 0.05) is 5.56 Å². The molecule has 148 valence electrons. The number of hydrogen-bond acceptors (Lipinski definition) is 2. The van der Waals surface area contributed by atoms with E-state index in [4.69, 9.17) is 4.74 Å². The highest BCUT2D eigenvalue weighted by Crippen LogP contribution is 2.53. The van der Waals surface area contributed by atoms with Crippen LogP contribution in [0.25, 0.3) is 11.1 Å². The van der Waals surface area contributed by atoms with Crippen LogP contribution in [-0.4, -0.2) is 19.7 Å². The first kappa shape index (κ1) is 20.1. The van der Waals surface area contributed by atoms with Gasteiger partial charge in [0.15, 0.2) is 0 Å². The second-order valence-corrected chi connectivity index (χ2v) is 10.8. The summed E-state index contributed by atoms with van der Waals surface area (Å²) in [6, 6.07) is 37.8. The SMILES string of the molecule is COC(=O)c1ccc(-c2ccccc2[P+](C)(c2ccccc2)c2ccccc2)cc1. The van der Waals surface area contributed by atoms with E-state index in [2.05, 4.69) is 91.6 Å². The Morgan fingerprint density at radius 2 is 1.17 bits per heavy atom. The molecule has 0 aliphatic carbocycles. The number of methoxy groups -OCH3 is 1. The second-order valence-electron chi connectivity index (χ2n) is 7.26. The van der Waals surface area contributed by atoms with Gasteiger partial charge in [-0.1, -0.05) is 66.7 Å². The molecular formula is C27H24O2P+. The standard InChI is InChI=1S/C27H24O2P/c1-29-27(28)22-19-17-21(18-20-22)25-15-9-10-16-26(25)30(2,23-11-5-3-6-12-23)24-13-7-4-8-14-24/h3-20H,1-2H3/q+1. The minimum absolute atomic E-state index is 0.319. The predicted octanol–water partition coefficient (Wildman–Crippen LogP) is 5.06. The summed E-state index contributed by atoms with van der Waals surface area (Å²) in [5.41, 5.74) is 2.84. The molecule has 0 fully saturated rings.